The molecule has 0 aliphatic carbocycles. The minimum atomic E-state index is 0. The largest absolute Gasteiger partial charge is 0.355 e. The highest BCUT2D eigenvalue weighted by Crippen LogP contribution is 2.26. The quantitative estimate of drug-likeness (QED) is 0.632. The van der Waals surface area contributed by atoms with E-state index in [-0.39, 0.29) is 23.7 Å². The van der Waals surface area contributed by atoms with Crippen molar-refractivity contribution in [1.82, 2.24) is 20.6 Å². The number of rotatable bonds is 5. The first-order valence-electron chi connectivity index (χ1n) is 7.39. The van der Waals surface area contributed by atoms with Gasteiger partial charge in [-0.25, -0.2) is 9.97 Å². The van der Waals surface area contributed by atoms with Crippen LogP contribution in [-0.2, 0) is 4.79 Å². The van der Waals surface area contributed by atoms with E-state index in [9.17, 15) is 4.79 Å². The Bertz CT molecular complexity index is 486. The molecule has 2 heterocycles. The predicted molar refractivity (Wildman–Crippen MR) is 92.7 cm³/mol. The molecule has 0 bridgehead atoms. The van der Waals surface area contributed by atoms with Crippen molar-refractivity contribution in [2.45, 2.75) is 38.8 Å². The molecule has 1 fully saturated rings. The second-order valence-electron chi connectivity index (χ2n) is 6.06. The van der Waals surface area contributed by atoms with E-state index in [1.807, 2.05) is 19.9 Å². The zero-order valence-corrected chi connectivity index (χ0v) is 15.1. The number of nitrogens with zero attached hydrogens (tertiary/aromatic N) is 2. The summed E-state index contributed by atoms with van der Waals surface area (Å²) in [5.74, 6) is 0.430. The Hall–Kier alpha value is -0.850. The maximum atomic E-state index is 12.0. The summed E-state index contributed by atoms with van der Waals surface area (Å²) >= 11 is 1.40. The number of carbonyl (C=O) groups is 1. The van der Waals surface area contributed by atoms with Crippen LogP contribution in [0.15, 0.2) is 11.2 Å². The fraction of sp³-hybridized carbons (Fsp3) is 0.667. The normalized spacial score (nSPS) is 16.7. The van der Waals surface area contributed by atoms with Crippen molar-refractivity contribution in [3.8, 4) is 0 Å². The summed E-state index contributed by atoms with van der Waals surface area (Å²) in [7, 11) is 0. The summed E-state index contributed by atoms with van der Waals surface area (Å²) in [6.45, 7) is 8.96. The first-order chi connectivity index (χ1) is 9.97. The molecular formula is C15H25ClN4OS. The monoisotopic (exact) mass is 344 g/mol. The van der Waals surface area contributed by atoms with Crippen molar-refractivity contribution < 1.29 is 4.79 Å². The van der Waals surface area contributed by atoms with Gasteiger partial charge in [-0.3, -0.25) is 4.79 Å². The lowest BCUT2D eigenvalue weighted by molar-refractivity contribution is -0.119. The third kappa shape index (κ3) is 6.10. The molecule has 0 spiro atoms. The molecule has 1 amide bonds. The minimum absolute atomic E-state index is 0. The number of halogens is 1. The molecule has 1 aromatic rings. The lowest BCUT2D eigenvalue weighted by Crippen LogP contribution is -2.43. The van der Waals surface area contributed by atoms with Crippen LogP contribution in [0.5, 0.6) is 0 Å². The second-order valence-corrected chi connectivity index (χ2v) is 7.00. The van der Waals surface area contributed by atoms with Crippen LogP contribution in [0.4, 0.5) is 0 Å². The van der Waals surface area contributed by atoms with Gasteiger partial charge in [0.15, 0.2) is 5.16 Å². The van der Waals surface area contributed by atoms with Crippen LogP contribution in [0.2, 0.25) is 0 Å². The molecule has 1 aromatic heterocycles. The lowest BCUT2D eigenvalue weighted by atomic mass is 9.81. The molecule has 0 aromatic carbocycles. The van der Waals surface area contributed by atoms with Gasteiger partial charge in [0, 0.05) is 17.9 Å². The maximum absolute atomic E-state index is 12.0. The van der Waals surface area contributed by atoms with Gasteiger partial charge < -0.3 is 10.6 Å². The molecular weight excluding hydrogens is 320 g/mol. The third-order valence-corrected chi connectivity index (χ3v) is 4.66. The summed E-state index contributed by atoms with van der Waals surface area (Å²) < 4.78 is 0. The molecule has 0 atom stereocenters. The smallest absolute Gasteiger partial charge is 0.230 e. The highest BCUT2D eigenvalue weighted by atomic mass is 35.5. The topological polar surface area (TPSA) is 66.9 Å². The molecule has 7 heteroatoms. The van der Waals surface area contributed by atoms with Gasteiger partial charge in [0.05, 0.1) is 5.75 Å². The fourth-order valence-electron chi connectivity index (χ4n) is 2.46. The average Bonchev–Trinajstić information content (AvgIpc) is 2.43. The Kier molecular flexibility index (Phi) is 7.59. The van der Waals surface area contributed by atoms with Gasteiger partial charge in [0.1, 0.15) is 0 Å². The first-order valence-corrected chi connectivity index (χ1v) is 8.38. The number of thioether (sulfide) groups is 1. The molecule has 1 saturated heterocycles. The number of nitrogens with one attached hydrogen (secondary N) is 2. The molecule has 124 valence electrons. The Morgan fingerprint density at radius 2 is 1.91 bits per heavy atom. The van der Waals surface area contributed by atoms with Gasteiger partial charge in [0.25, 0.3) is 0 Å². The molecule has 0 saturated carbocycles. The minimum Gasteiger partial charge on any atom is -0.355 e. The van der Waals surface area contributed by atoms with Gasteiger partial charge in [0.2, 0.25) is 5.91 Å². The van der Waals surface area contributed by atoms with Crippen LogP contribution in [0.25, 0.3) is 0 Å². The van der Waals surface area contributed by atoms with Gasteiger partial charge >= 0.3 is 0 Å². The number of aryl methyl sites for hydroxylation is 2. The molecule has 0 radical (unpaired) electrons. The molecule has 5 nitrogen and oxygen atoms in total. The van der Waals surface area contributed by atoms with E-state index < -0.39 is 0 Å². The van der Waals surface area contributed by atoms with Crippen molar-refractivity contribution in [2.75, 3.05) is 25.4 Å². The number of hydrogen-bond acceptors (Lipinski definition) is 5. The van der Waals surface area contributed by atoms with Crippen molar-refractivity contribution in [2.24, 2.45) is 5.41 Å². The van der Waals surface area contributed by atoms with Crippen LogP contribution in [0.3, 0.4) is 0 Å². The fourth-order valence-corrected chi connectivity index (χ4v) is 3.24. The Morgan fingerprint density at radius 3 is 2.50 bits per heavy atom. The van der Waals surface area contributed by atoms with Crippen molar-refractivity contribution in [3.63, 3.8) is 0 Å². The van der Waals surface area contributed by atoms with E-state index in [0.717, 1.165) is 43.9 Å². The van der Waals surface area contributed by atoms with E-state index in [0.29, 0.717) is 10.9 Å². The first kappa shape index (κ1) is 19.2. The Morgan fingerprint density at radius 1 is 1.32 bits per heavy atom. The van der Waals surface area contributed by atoms with Crippen molar-refractivity contribution >= 4 is 30.1 Å². The standard InChI is InChI=1S/C15H24N4OS.ClH/c1-11-8-12(2)19-14(18-11)21-9-13(20)17-10-15(3)4-6-16-7-5-15;/h8,16H,4-7,9-10H2,1-3H3,(H,17,20);1H. The Labute approximate surface area is 142 Å². The summed E-state index contributed by atoms with van der Waals surface area (Å²) in [6.07, 6.45) is 2.22. The molecule has 22 heavy (non-hydrogen) atoms. The van der Waals surface area contributed by atoms with Gasteiger partial charge in [-0.1, -0.05) is 18.7 Å². The van der Waals surface area contributed by atoms with Gasteiger partial charge in [-0.15, -0.1) is 12.4 Å². The van der Waals surface area contributed by atoms with E-state index >= 15 is 0 Å². The number of aromatic nitrogens is 2. The van der Waals surface area contributed by atoms with Crippen LogP contribution < -0.4 is 10.6 Å². The van der Waals surface area contributed by atoms with Crippen molar-refractivity contribution in [1.29, 1.82) is 0 Å². The van der Waals surface area contributed by atoms with Crippen LogP contribution in [0.1, 0.15) is 31.2 Å². The molecule has 1 aliphatic rings. The number of amides is 1. The Balaban J connectivity index is 0.00000242. The van der Waals surface area contributed by atoms with Crippen LogP contribution >= 0.6 is 24.2 Å². The lowest BCUT2D eigenvalue weighted by Gasteiger charge is -2.34. The summed E-state index contributed by atoms with van der Waals surface area (Å²) in [5, 5.41) is 7.08. The highest BCUT2D eigenvalue weighted by molar-refractivity contribution is 7.99. The van der Waals surface area contributed by atoms with E-state index in [1.165, 1.54) is 11.8 Å². The predicted octanol–water partition coefficient (Wildman–Crippen LogP) is 2.11. The molecule has 2 N–H and O–H groups in total. The second kappa shape index (κ2) is 8.70. The number of piperidine rings is 1. The summed E-state index contributed by atoms with van der Waals surface area (Å²) in [6, 6.07) is 1.93. The molecule has 0 unspecified atom stereocenters. The number of carbonyl (C=O) groups excluding carboxylic acids is 1. The SMILES string of the molecule is Cc1cc(C)nc(SCC(=O)NCC2(C)CCNCC2)n1.Cl. The summed E-state index contributed by atoms with van der Waals surface area (Å²) in [4.78, 5) is 20.6. The zero-order valence-electron chi connectivity index (χ0n) is 13.4. The molecule has 2 rings (SSSR count). The van der Waals surface area contributed by atoms with E-state index in [1.54, 1.807) is 0 Å². The zero-order chi connectivity index (χ0) is 15.3. The number of hydrogen-bond donors (Lipinski definition) is 2. The van der Waals surface area contributed by atoms with Crippen LogP contribution in [0, 0.1) is 19.3 Å². The molecule has 1 aliphatic heterocycles. The van der Waals surface area contributed by atoms with Gasteiger partial charge in [-0.05, 0) is 51.3 Å². The average molecular weight is 345 g/mol. The van der Waals surface area contributed by atoms with Crippen LogP contribution in [-0.4, -0.2) is 41.3 Å². The van der Waals surface area contributed by atoms with Gasteiger partial charge in [-0.2, -0.15) is 0 Å². The highest BCUT2D eigenvalue weighted by Gasteiger charge is 2.26. The van der Waals surface area contributed by atoms with Crippen molar-refractivity contribution in [3.05, 3.63) is 17.5 Å². The van der Waals surface area contributed by atoms with E-state index in [2.05, 4.69) is 27.5 Å². The van der Waals surface area contributed by atoms with E-state index in [4.69, 9.17) is 0 Å². The maximum Gasteiger partial charge on any atom is 0.230 e. The summed E-state index contributed by atoms with van der Waals surface area (Å²) in [5.41, 5.74) is 2.10. The third-order valence-electron chi connectivity index (χ3n) is 3.82.